The first kappa shape index (κ1) is 16.4. The van der Waals surface area contributed by atoms with E-state index in [0.717, 1.165) is 12.8 Å². The second kappa shape index (κ2) is 10.6. The van der Waals surface area contributed by atoms with E-state index in [2.05, 4.69) is 11.7 Å². The molecule has 3 heteroatoms. The monoisotopic (exact) mass is 244 g/mol. The van der Waals surface area contributed by atoms with Crippen molar-refractivity contribution in [3.05, 3.63) is 0 Å². The van der Waals surface area contributed by atoms with Crippen LogP contribution in [0.15, 0.2) is 0 Å². The molecule has 2 atom stereocenters. The van der Waals surface area contributed by atoms with Gasteiger partial charge in [-0.25, -0.2) is 0 Å². The van der Waals surface area contributed by atoms with Crippen LogP contribution in [0.2, 0.25) is 0 Å². The van der Waals surface area contributed by atoms with Gasteiger partial charge in [0.15, 0.2) is 0 Å². The van der Waals surface area contributed by atoms with Gasteiger partial charge >= 0.3 is 5.97 Å². The maximum Gasteiger partial charge on any atom is 0.311 e. The summed E-state index contributed by atoms with van der Waals surface area (Å²) in [4.78, 5) is 11.2. The van der Waals surface area contributed by atoms with Gasteiger partial charge in [0.05, 0.1) is 19.1 Å². The highest BCUT2D eigenvalue weighted by Gasteiger charge is 2.21. The second-order valence-electron chi connectivity index (χ2n) is 4.79. The molecule has 0 saturated carbocycles. The molecule has 0 amide bonds. The Labute approximate surface area is 106 Å². The Bertz CT molecular complexity index is 192. The number of aliphatic hydroxyl groups excluding tert-OH is 1. The summed E-state index contributed by atoms with van der Waals surface area (Å²) in [6.07, 6.45) is 8.72. The normalized spacial score (nSPS) is 14.4. The van der Waals surface area contributed by atoms with E-state index in [-0.39, 0.29) is 5.97 Å². The minimum Gasteiger partial charge on any atom is -0.469 e. The number of hydrogen-bond acceptors (Lipinski definition) is 3. The third-order valence-corrected chi connectivity index (χ3v) is 3.25. The lowest BCUT2D eigenvalue weighted by molar-refractivity contribution is -0.148. The number of hydrogen-bond donors (Lipinski definition) is 1. The lowest BCUT2D eigenvalue weighted by Gasteiger charge is -2.16. The van der Waals surface area contributed by atoms with Crippen LogP contribution in [-0.2, 0) is 9.53 Å². The van der Waals surface area contributed by atoms with E-state index < -0.39 is 12.0 Å². The number of carbonyl (C=O) groups excluding carboxylic acids is 1. The van der Waals surface area contributed by atoms with Crippen LogP contribution >= 0.6 is 0 Å². The number of aliphatic hydroxyl groups is 1. The summed E-state index contributed by atoms with van der Waals surface area (Å²) in [5, 5.41) is 9.76. The van der Waals surface area contributed by atoms with Crippen molar-refractivity contribution >= 4 is 5.97 Å². The summed E-state index contributed by atoms with van der Waals surface area (Å²) < 4.78 is 4.61. The van der Waals surface area contributed by atoms with Crippen molar-refractivity contribution in [1.82, 2.24) is 0 Å². The van der Waals surface area contributed by atoms with E-state index in [9.17, 15) is 9.90 Å². The van der Waals surface area contributed by atoms with Gasteiger partial charge in [0, 0.05) is 0 Å². The molecule has 0 aliphatic rings. The molecule has 0 aromatic carbocycles. The van der Waals surface area contributed by atoms with Crippen molar-refractivity contribution in [3.8, 4) is 0 Å². The summed E-state index contributed by atoms with van der Waals surface area (Å²) in [7, 11) is 1.36. The van der Waals surface area contributed by atoms with Crippen molar-refractivity contribution in [3.63, 3.8) is 0 Å². The summed E-state index contributed by atoms with van der Waals surface area (Å²) >= 11 is 0. The molecule has 3 nitrogen and oxygen atoms in total. The molecule has 2 unspecified atom stereocenters. The Morgan fingerprint density at radius 2 is 1.65 bits per heavy atom. The molecule has 0 fully saturated rings. The first-order valence-corrected chi connectivity index (χ1v) is 6.89. The molecule has 0 heterocycles. The van der Waals surface area contributed by atoms with Gasteiger partial charge in [0.2, 0.25) is 0 Å². The molecule has 102 valence electrons. The average molecular weight is 244 g/mol. The molecule has 0 aromatic heterocycles. The van der Waals surface area contributed by atoms with Crippen molar-refractivity contribution in [2.75, 3.05) is 7.11 Å². The van der Waals surface area contributed by atoms with E-state index in [1.54, 1.807) is 6.92 Å². The molecule has 17 heavy (non-hydrogen) atoms. The smallest absolute Gasteiger partial charge is 0.311 e. The fraction of sp³-hybridized carbons (Fsp3) is 0.929. The molecule has 0 saturated heterocycles. The molecule has 0 aliphatic carbocycles. The van der Waals surface area contributed by atoms with Gasteiger partial charge in [-0.15, -0.1) is 0 Å². The van der Waals surface area contributed by atoms with E-state index in [1.165, 1.54) is 39.2 Å². The maximum absolute atomic E-state index is 11.2. The fourth-order valence-corrected chi connectivity index (χ4v) is 1.90. The van der Waals surface area contributed by atoms with Crippen molar-refractivity contribution in [2.24, 2.45) is 5.92 Å². The average Bonchev–Trinajstić information content (AvgIpc) is 2.35. The Kier molecular flexibility index (Phi) is 10.2. The summed E-state index contributed by atoms with van der Waals surface area (Å²) in [6.45, 7) is 3.93. The third kappa shape index (κ3) is 8.19. The summed E-state index contributed by atoms with van der Waals surface area (Å²) in [6, 6.07) is 0. The minimum atomic E-state index is -0.557. The molecular weight excluding hydrogens is 216 g/mol. The zero-order valence-electron chi connectivity index (χ0n) is 11.6. The van der Waals surface area contributed by atoms with Gasteiger partial charge in [-0.1, -0.05) is 51.9 Å². The van der Waals surface area contributed by atoms with Crippen LogP contribution in [-0.4, -0.2) is 24.3 Å². The molecule has 1 N–H and O–H groups in total. The first-order chi connectivity index (χ1) is 8.13. The molecular formula is C14H28O3. The SMILES string of the molecule is CCCCCCCCCC(O)C(C)C(=O)OC. The van der Waals surface area contributed by atoms with Crippen LogP contribution in [0.25, 0.3) is 0 Å². The molecule has 0 bridgehead atoms. The third-order valence-electron chi connectivity index (χ3n) is 3.25. The predicted octanol–water partition coefficient (Wildman–Crippen LogP) is 3.30. The van der Waals surface area contributed by atoms with Crippen LogP contribution in [0.3, 0.4) is 0 Å². The lowest BCUT2D eigenvalue weighted by Crippen LogP contribution is -2.26. The molecule has 0 aliphatic heterocycles. The largest absolute Gasteiger partial charge is 0.469 e. The Morgan fingerprint density at radius 1 is 1.12 bits per heavy atom. The van der Waals surface area contributed by atoms with E-state index in [4.69, 9.17) is 0 Å². The van der Waals surface area contributed by atoms with Gasteiger partial charge in [0.25, 0.3) is 0 Å². The molecule has 0 radical (unpaired) electrons. The van der Waals surface area contributed by atoms with Crippen LogP contribution in [0.1, 0.15) is 65.2 Å². The molecule has 0 spiro atoms. The topological polar surface area (TPSA) is 46.5 Å². The number of carbonyl (C=O) groups is 1. The number of methoxy groups -OCH3 is 1. The van der Waals surface area contributed by atoms with Crippen molar-refractivity contribution in [2.45, 2.75) is 71.3 Å². The highest BCUT2D eigenvalue weighted by molar-refractivity contribution is 5.72. The van der Waals surface area contributed by atoms with E-state index in [0.29, 0.717) is 6.42 Å². The van der Waals surface area contributed by atoms with Gasteiger partial charge in [-0.05, 0) is 13.3 Å². The van der Waals surface area contributed by atoms with E-state index >= 15 is 0 Å². The van der Waals surface area contributed by atoms with Crippen molar-refractivity contribution < 1.29 is 14.6 Å². The number of esters is 1. The van der Waals surface area contributed by atoms with Crippen molar-refractivity contribution in [1.29, 1.82) is 0 Å². The number of rotatable bonds is 10. The zero-order chi connectivity index (χ0) is 13.1. The number of unbranched alkanes of at least 4 members (excludes halogenated alkanes) is 6. The van der Waals surface area contributed by atoms with Gasteiger partial charge < -0.3 is 9.84 Å². The minimum absolute atomic E-state index is 0.319. The number of ether oxygens (including phenoxy) is 1. The van der Waals surface area contributed by atoms with Crippen LogP contribution in [0.4, 0.5) is 0 Å². The highest BCUT2D eigenvalue weighted by atomic mass is 16.5. The molecule has 0 aromatic rings. The van der Waals surface area contributed by atoms with Gasteiger partial charge in [0.1, 0.15) is 0 Å². The predicted molar refractivity (Wildman–Crippen MR) is 69.8 cm³/mol. The Morgan fingerprint density at radius 3 is 2.18 bits per heavy atom. The first-order valence-electron chi connectivity index (χ1n) is 6.89. The van der Waals surface area contributed by atoms with Gasteiger partial charge in [-0.3, -0.25) is 4.79 Å². The van der Waals surface area contributed by atoms with E-state index in [1.807, 2.05) is 0 Å². The standard InChI is InChI=1S/C14H28O3/c1-4-5-6-7-8-9-10-11-13(15)12(2)14(16)17-3/h12-13,15H,4-11H2,1-3H3. The fourth-order valence-electron chi connectivity index (χ4n) is 1.90. The highest BCUT2D eigenvalue weighted by Crippen LogP contribution is 2.14. The Balaban J connectivity index is 3.44. The quantitative estimate of drug-likeness (QED) is 0.474. The lowest BCUT2D eigenvalue weighted by atomic mass is 9.98. The zero-order valence-corrected chi connectivity index (χ0v) is 11.6. The van der Waals surface area contributed by atoms with Crippen LogP contribution in [0, 0.1) is 5.92 Å². The van der Waals surface area contributed by atoms with Crippen LogP contribution < -0.4 is 0 Å². The molecule has 0 rings (SSSR count). The maximum atomic E-state index is 11.2. The summed E-state index contributed by atoms with van der Waals surface area (Å²) in [5.74, 6) is -0.722. The van der Waals surface area contributed by atoms with Gasteiger partial charge in [-0.2, -0.15) is 0 Å². The second-order valence-corrected chi connectivity index (χ2v) is 4.79. The van der Waals surface area contributed by atoms with Crippen LogP contribution in [0.5, 0.6) is 0 Å². The summed E-state index contributed by atoms with van der Waals surface area (Å²) in [5.41, 5.74) is 0. The Hall–Kier alpha value is -0.570.